The van der Waals surface area contributed by atoms with E-state index in [4.69, 9.17) is 0 Å². The monoisotopic (exact) mass is 338 g/mol. The molecular weight excluding hydrogens is 316 g/mol. The van der Waals surface area contributed by atoms with Crippen LogP contribution in [-0.4, -0.2) is 57.9 Å². The molecule has 0 radical (unpaired) electrons. The molecule has 2 aliphatic rings. The van der Waals surface area contributed by atoms with Gasteiger partial charge in [0.15, 0.2) is 0 Å². The van der Waals surface area contributed by atoms with Gasteiger partial charge in [0.2, 0.25) is 0 Å². The number of aromatic amines is 1. The topological polar surface area (TPSA) is 69.3 Å². The highest BCUT2D eigenvalue weighted by Crippen LogP contribution is 2.25. The fourth-order valence-electron chi connectivity index (χ4n) is 3.90. The fourth-order valence-corrected chi connectivity index (χ4v) is 3.90. The number of amides is 1. The Hall–Kier alpha value is -2.47. The SMILES string of the molecule is O=C(c1c[nH]c(=O)cn1)N1CCN(C2CCc3ccccc3C2)CC1. The number of carbonyl (C=O) groups excluding carboxylic acids is 1. The number of benzene rings is 1. The molecule has 1 fully saturated rings. The first-order chi connectivity index (χ1) is 12.2. The summed E-state index contributed by atoms with van der Waals surface area (Å²) in [5.41, 5.74) is 2.96. The van der Waals surface area contributed by atoms with Crippen LogP contribution in [0.2, 0.25) is 0 Å². The third kappa shape index (κ3) is 3.35. The Bertz CT molecular complexity index is 804. The summed E-state index contributed by atoms with van der Waals surface area (Å²) in [6.07, 6.45) is 5.98. The van der Waals surface area contributed by atoms with Crippen LogP contribution in [0.5, 0.6) is 0 Å². The molecule has 1 unspecified atom stereocenters. The standard InChI is InChI=1S/C19H22N4O2/c24-18-13-20-17(12-21-18)19(25)23-9-7-22(8-10-23)16-6-5-14-3-1-2-4-15(14)11-16/h1-4,12-13,16H,5-11H2,(H,21,24). The molecule has 6 heteroatoms. The van der Waals surface area contributed by atoms with Crippen LogP contribution in [0.3, 0.4) is 0 Å². The molecule has 0 saturated carbocycles. The van der Waals surface area contributed by atoms with Gasteiger partial charge < -0.3 is 9.88 Å². The molecule has 1 atom stereocenters. The van der Waals surface area contributed by atoms with Crippen LogP contribution in [0.1, 0.15) is 28.0 Å². The van der Waals surface area contributed by atoms with Gasteiger partial charge in [-0.25, -0.2) is 4.98 Å². The zero-order chi connectivity index (χ0) is 17.2. The quantitative estimate of drug-likeness (QED) is 0.890. The van der Waals surface area contributed by atoms with Gasteiger partial charge in [0.1, 0.15) is 5.69 Å². The number of hydrogen-bond donors (Lipinski definition) is 1. The molecule has 6 nitrogen and oxygen atoms in total. The van der Waals surface area contributed by atoms with Crippen molar-refractivity contribution in [3.63, 3.8) is 0 Å². The summed E-state index contributed by atoms with van der Waals surface area (Å²) in [5, 5.41) is 0. The van der Waals surface area contributed by atoms with Gasteiger partial charge in [-0.15, -0.1) is 0 Å². The molecule has 0 spiro atoms. The Balaban J connectivity index is 1.36. The van der Waals surface area contributed by atoms with E-state index in [0.29, 0.717) is 24.8 Å². The first-order valence-electron chi connectivity index (χ1n) is 8.85. The molecule has 1 N–H and O–H groups in total. The highest BCUT2D eigenvalue weighted by molar-refractivity contribution is 5.92. The minimum Gasteiger partial charge on any atom is -0.335 e. The van der Waals surface area contributed by atoms with Gasteiger partial charge >= 0.3 is 0 Å². The molecule has 130 valence electrons. The summed E-state index contributed by atoms with van der Waals surface area (Å²) in [6.45, 7) is 3.19. The van der Waals surface area contributed by atoms with E-state index in [9.17, 15) is 9.59 Å². The second-order valence-corrected chi connectivity index (χ2v) is 6.79. The third-order valence-electron chi connectivity index (χ3n) is 5.33. The molecular formula is C19H22N4O2. The predicted octanol–water partition coefficient (Wildman–Crippen LogP) is 1.09. The summed E-state index contributed by atoms with van der Waals surface area (Å²) < 4.78 is 0. The molecule has 1 saturated heterocycles. The number of nitrogens with zero attached hydrogens (tertiary/aromatic N) is 3. The van der Waals surface area contributed by atoms with Crippen molar-refractivity contribution in [2.24, 2.45) is 0 Å². The Morgan fingerprint density at radius 3 is 2.60 bits per heavy atom. The van der Waals surface area contributed by atoms with Crippen molar-refractivity contribution in [1.29, 1.82) is 0 Å². The summed E-state index contributed by atoms with van der Waals surface area (Å²) in [5.74, 6) is -0.107. The van der Waals surface area contributed by atoms with Crippen molar-refractivity contribution in [2.45, 2.75) is 25.3 Å². The molecule has 1 aliphatic carbocycles. The van der Waals surface area contributed by atoms with Crippen molar-refractivity contribution in [3.8, 4) is 0 Å². The lowest BCUT2D eigenvalue weighted by Gasteiger charge is -2.41. The molecule has 2 aromatic rings. The molecule has 2 heterocycles. The van der Waals surface area contributed by atoms with E-state index in [1.807, 2.05) is 4.90 Å². The number of hydrogen-bond acceptors (Lipinski definition) is 4. The van der Waals surface area contributed by atoms with Crippen molar-refractivity contribution < 1.29 is 4.79 Å². The zero-order valence-electron chi connectivity index (χ0n) is 14.1. The third-order valence-corrected chi connectivity index (χ3v) is 5.33. The fraction of sp³-hybridized carbons (Fsp3) is 0.421. The Labute approximate surface area is 146 Å². The number of carbonyl (C=O) groups is 1. The van der Waals surface area contributed by atoms with Gasteiger partial charge in [-0.1, -0.05) is 24.3 Å². The summed E-state index contributed by atoms with van der Waals surface area (Å²) >= 11 is 0. The van der Waals surface area contributed by atoms with Crippen molar-refractivity contribution >= 4 is 5.91 Å². The maximum absolute atomic E-state index is 12.5. The van der Waals surface area contributed by atoms with Crippen LogP contribution >= 0.6 is 0 Å². The van der Waals surface area contributed by atoms with E-state index in [2.05, 4.69) is 39.1 Å². The summed E-state index contributed by atoms with van der Waals surface area (Å²) in [6, 6.07) is 9.28. The van der Waals surface area contributed by atoms with Gasteiger partial charge in [-0.05, 0) is 30.4 Å². The van der Waals surface area contributed by atoms with E-state index in [0.717, 1.165) is 32.1 Å². The smallest absolute Gasteiger partial charge is 0.274 e. The number of rotatable bonds is 2. The number of H-pyrrole nitrogens is 1. The Kier molecular flexibility index (Phi) is 4.36. The number of aryl methyl sites for hydroxylation is 1. The molecule has 1 aromatic carbocycles. The Morgan fingerprint density at radius 1 is 1.12 bits per heavy atom. The first-order valence-corrected chi connectivity index (χ1v) is 8.85. The van der Waals surface area contributed by atoms with Gasteiger partial charge in [-0.3, -0.25) is 14.5 Å². The van der Waals surface area contributed by atoms with Crippen LogP contribution in [0.25, 0.3) is 0 Å². The number of aromatic nitrogens is 2. The maximum Gasteiger partial charge on any atom is 0.274 e. The molecule has 1 aromatic heterocycles. The van der Waals surface area contributed by atoms with Gasteiger partial charge in [0.25, 0.3) is 11.5 Å². The molecule has 4 rings (SSSR count). The van der Waals surface area contributed by atoms with Crippen LogP contribution in [0, 0.1) is 0 Å². The second-order valence-electron chi connectivity index (χ2n) is 6.79. The minimum absolute atomic E-state index is 0.107. The second kappa shape index (κ2) is 6.80. The lowest BCUT2D eigenvalue weighted by Crippen LogP contribution is -2.53. The molecule has 1 aliphatic heterocycles. The van der Waals surface area contributed by atoms with E-state index in [-0.39, 0.29) is 11.5 Å². The zero-order valence-corrected chi connectivity index (χ0v) is 14.1. The van der Waals surface area contributed by atoms with Crippen LogP contribution in [0.15, 0.2) is 41.5 Å². The average molecular weight is 338 g/mol. The Morgan fingerprint density at radius 2 is 1.88 bits per heavy atom. The molecule has 25 heavy (non-hydrogen) atoms. The highest BCUT2D eigenvalue weighted by atomic mass is 16.2. The van der Waals surface area contributed by atoms with Crippen molar-refractivity contribution in [2.75, 3.05) is 26.2 Å². The molecule has 0 bridgehead atoms. The van der Waals surface area contributed by atoms with Crippen molar-refractivity contribution in [3.05, 3.63) is 63.8 Å². The largest absolute Gasteiger partial charge is 0.335 e. The highest BCUT2D eigenvalue weighted by Gasteiger charge is 2.29. The number of fused-ring (bicyclic) bond motifs is 1. The lowest BCUT2D eigenvalue weighted by molar-refractivity contribution is 0.0547. The summed E-state index contributed by atoms with van der Waals surface area (Å²) in [4.78, 5) is 34.4. The summed E-state index contributed by atoms with van der Waals surface area (Å²) in [7, 11) is 0. The normalized spacial score (nSPS) is 21.0. The van der Waals surface area contributed by atoms with Crippen molar-refractivity contribution in [1.82, 2.24) is 19.8 Å². The van der Waals surface area contributed by atoms with Crippen LogP contribution in [-0.2, 0) is 12.8 Å². The van der Waals surface area contributed by atoms with Crippen LogP contribution in [0.4, 0.5) is 0 Å². The number of nitrogens with one attached hydrogen (secondary N) is 1. The van der Waals surface area contributed by atoms with E-state index in [1.165, 1.54) is 23.7 Å². The van der Waals surface area contributed by atoms with Gasteiger partial charge in [0.05, 0.1) is 6.20 Å². The van der Waals surface area contributed by atoms with Gasteiger partial charge in [0, 0.05) is 38.4 Å². The lowest BCUT2D eigenvalue weighted by atomic mass is 9.87. The molecule has 1 amide bonds. The first kappa shape index (κ1) is 16.0. The predicted molar refractivity (Wildman–Crippen MR) is 94.6 cm³/mol. The maximum atomic E-state index is 12.5. The number of piperazine rings is 1. The average Bonchev–Trinajstić information content (AvgIpc) is 2.68. The van der Waals surface area contributed by atoms with Gasteiger partial charge in [-0.2, -0.15) is 0 Å². The van der Waals surface area contributed by atoms with E-state index >= 15 is 0 Å². The van der Waals surface area contributed by atoms with Crippen LogP contribution < -0.4 is 5.56 Å². The minimum atomic E-state index is -0.293. The van der Waals surface area contributed by atoms with E-state index in [1.54, 1.807) is 0 Å². The van der Waals surface area contributed by atoms with E-state index < -0.39 is 0 Å².